The molecule has 0 saturated heterocycles. The first-order valence-corrected chi connectivity index (χ1v) is 8.80. The van der Waals surface area contributed by atoms with Crippen molar-refractivity contribution in [2.45, 2.75) is 64.5 Å². The van der Waals surface area contributed by atoms with Crippen LogP contribution in [-0.2, 0) is 16.1 Å². The van der Waals surface area contributed by atoms with Gasteiger partial charge in [-0.05, 0) is 25.3 Å². The molecule has 2 amide bonds. The lowest BCUT2D eigenvalue weighted by molar-refractivity contribution is -0.136. The van der Waals surface area contributed by atoms with Gasteiger partial charge in [0.1, 0.15) is 6.42 Å². The van der Waals surface area contributed by atoms with Gasteiger partial charge in [-0.2, -0.15) is 0 Å². The molecular weight excluding hydrogens is 288 g/mol. The smallest absolute Gasteiger partial charge is 0.232 e. The Balaban J connectivity index is 1.82. The molecular formula is C19H28N2O2. The number of benzene rings is 1. The van der Waals surface area contributed by atoms with Crippen LogP contribution in [0.25, 0.3) is 0 Å². The number of amides is 2. The zero-order valence-electron chi connectivity index (χ0n) is 14.1. The van der Waals surface area contributed by atoms with Gasteiger partial charge in [-0.3, -0.25) is 9.59 Å². The maximum Gasteiger partial charge on any atom is 0.232 e. The molecule has 1 N–H and O–H groups in total. The third-order valence-corrected chi connectivity index (χ3v) is 4.48. The van der Waals surface area contributed by atoms with Crippen molar-refractivity contribution in [1.82, 2.24) is 10.2 Å². The van der Waals surface area contributed by atoms with Crippen molar-refractivity contribution in [2.24, 2.45) is 0 Å². The van der Waals surface area contributed by atoms with E-state index < -0.39 is 0 Å². The predicted octanol–water partition coefficient (Wildman–Crippen LogP) is 3.26. The Kier molecular flexibility index (Phi) is 7.11. The van der Waals surface area contributed by atoms with Crippen molar-refractivity contribution in [3.63, 3.8) is 0 Å². The zero-order valence-corrected chi connectivity index (χ0v) is 14.1. The van der Waals surface area contributed by atoms with Crippen LogP contribution in [-0.4, -0.2) is 29.3 Å². The van der Waals surface area contributed by atoms with Crippen LogP contribution in [0.3, 0.4) is 0 Å². The van der Waals surface area contributed by atoms with Crippen LogP contribution in [0.2, 0.25) is 0 Å². The number of carbonyl (C=O) groups is 2. The molecule has 0 atom stereocenters. The second kappa shape index (κ2) is 9.33. The monoisotopic (exact) mass is 316 g/mol. The van der Waals surface area contributed by atoms with Crippen molar-refractivity contribution in [2.75, 3.05) is 6.54 Å². The maximum atomic E-state index is 12.4. The molecule has 4 nitrogen and oxygen atoms in total. The summed E-state index contributed by atoms with van der Waals surface area (Å²) in [5.74, 6) is -0.226. The minimum atomic E-state index is -0.131. The molecule has 126 valence electrons. The normalized spacial score (nSPS) is 15.7. The molecule has 1 saturated carbocycles. The average molecular weight is 316 g/mol. The summed E-state index contributed by atoms with van der Waals surface area (Å²) in [6, 6.07) is 10.1. The summed E-state index contributed by atoms with van der Waals surface area (Å²) in [7, 11) is 0. The molecule has 0 spiro atoms. The summed E-state index contributed by atoms with van der Waals surface area (Å²) in [6.07, 6.45) is 6.90. The van der Waals surface area contributed by atoms with Crippen molar-refractivity contribution >= 4 is 11.8 Å². The van der Waals surface area contributed by atoms with E-state index in [-0.39, 0.29) is 24.3 Å². The van der Waals surface area contributed by atoms with E-state index in [0.29, 0.717) is 13.1 Å². The first kappa shape index (κ1) is 17.5. The van der Waals surface area contributed by atoms with Gasteiger partial charge in [0, 0.05) is 19.1 Å². The lowest BCUT2D eigenvalue weighted by atomic mass is 10.1. The van der Waals surface area contributed by atoms with Gasteiger partial charge in [0.15, 0.2) is 0 Å². The number of nitrogens with one attached hydrogen (secondary N) is 1. The van der Waals surface area contributed by atoms with Gasteiger partial charge < -0.3 is 10.2 Å². The van der Waals surface area contributed by atoms with E-state index in [2.05, 4.69) is 5.32 Å². The second-order valence-corrected chi connectivity index (χ2v) is 6.33. The van der Waals surface area contributed by atoms with E-state index in [0.717, 1.165) is 18.4 Å². The number of nitrogens with zero attached hydrogens (tertiary/aromatic N) is 1. The zero-order chi connectivity index (χ0) is 16.5. The SMILES string of the molecule is CCN(Cc1ccccc1)C(=O)CC(=O)NC1CCCCCC1. The highest BCUT2D eigenvalue weighted by atomic mass is 16.2. The van der Waals surface area contributed by atoms with Crippen molar-refractivity contribution in [3.8, 4) is 0 Å². The molecule has 0 unspecified atom stereocenters. The molecule has 4 heteroatoms. The topological polar surface area (TPSA) is 49.4 Å². The molecule has 1 fully saturated rings. The molecule has 0 bridgehead atoms. The quantitative estimate of drug-likeness (QED) is 0.647. The van der Waals surface area contributed by atoms with Crippen LogP contribution in [0.15, 0.2) is 30.3 Å². The number of rotatable bonds is 6. The predicted molar refractivity (Wildman–Crippen MR) is 91.8 cm³/mol. The summed E-state index contributed by atoms with van der Waals surface area (Å²) in [6.45, 7) is 3.13. The van der Waals surface area contributed by atoms with Crippen LogP contribution >= 0.6 is 0 Å². The van der Waals surface area contributed by atoms with Gasteiger partial charge in [-0.25, -0.2) is 0 Å². The highest BCUT2D eigenvalue weighted by Gasteiger charge is 2.19. The van der Waals surface area contributed by atoms with Crippen molar-refractivity contribution in [1.29, 1.82) is 0 Å². The fraction of sp³-hybridized carbons (Fsp3) is 0.579. The molecule has 0 heterocycles. The van der Waals surface area contributed by atoms with Crippen molar-refractivity contribution < 1.29 is 9.59 Å². The molecule has 0 radical (unpaired) electrons. The summed E-state index contributed by atoms with van der Waals surface area (Å²) in [5.41, 5.74) is 1.09. The molecule has 0 aromatic heterocycles. The number of hydrogen-bond donors (Lipinski definition) is 1. The van der Waals surface area contributed by atoms with Crippen LogP contribution in [0.5, 0.6) is 0 Å². The van der Waals surface area contributed by atoms with Crippen LogP contribution in [0.1, 0.15) is 57.4 Å². The minimum absolute atomic E-state index is 0.0445. The van der Waals surface area contributed by atoms with Crippen LogP contribution in [0, 0.1) is 0 Å². The second-order valence-electron chi connectivity index (χ2n) is 6.33. The van der Waals surface area contributed by atoms with Gasteiger partial charge in [0.2, 0.25) is 11.8 Å². The minimum Gasteiger partial charge on any atom is -0.353 e. The highest BCUT2D eigenvalue weighted by molar-refractivity contribution is 5.97. The Labute approximate surface area is 139 Å². The lowest BCUT2D eigenvalue weighted by Gasteiger charge is -2.22. The van der Waals surface area contributed by atoms with E-state index in [4.69, 9.17) is 0 Å². The molecule has 1 aromatic carbocycles. The third kappa shape index (κ3) is 6.05. The summed E-state index contributed by atoms with van der Waals surface area (Å²) in [4.78, 5) is 26.2. The number of hydrogen-bond acceptors (Lipinski definition) is 2. The maximum absolute atomic E-state index is 12.4. The first-order valence-electron chi connectivity index (χ1n) is 8.80. The van der Waals surface area contributed by atoms with Gasteiger partial charge >= 0.3 is 0 Å². The Morgan fingerprint density at radius 2 is 1.74 bits per heavy atom. The van der Waals surface area contributed by atoms with E-state index >= 15 is 0 Å². The Morgan fingerprint density at radius 1 is 1.09 bits per heavy atom. The average Bonchev–Trinajstić information content (AvgIpc) is 2.82. The molecule has 1 aliphatic rings. The Morgan fingerprint density at radius 3 is 2.35 bits per heavy atom. The third-order valence-electron chi connectivity index (χ3n) is 4.48. The van der Waals surface area contributed by atoms with Crippen LogP contribution < -0.4 is 5.32 Å². The lowest BCUT2D eigenvalue weighted by Crippen LogP contribution is -2.39. The van der Waals surface area contributed by atoms with Gasteiger partial charge in [0.25, 0.3) is 0 Å². The molecule has 2 rings (SSSR count). The van der Waals surface area contributed by atoms with E-state index in [1.807, 2.05) is 37.3 Å². The fourth-order valence-electron chi connectivity index (χ4n) is 3.13. The summed E-state index contributed by atoms with van der Waals surface area (Å²) < 4.78 is 0. The summed E-state index contributed by atoms with van der Waals surface area (Å²) in [5, 5.41) is 3.05. The molecule has 0 aliphatic heterocycles. The molecule has 1 aliphatic carbocycles. The van der Waals surface area contributed by atoms with E-state index in [9.17, 15) is 9.59 Å². The van der Waals surface area contributed by atoms with Gasteiger partial charge in [-0.15, -0.1) is 0 Å². The summed E-state index contributed by atoms with van der Waals surface area (Å²) >= 11 is 0. The first-order chi connectivity index (χ1) is 11.2. The molecule has 23 heavy (non-hydrogen) atoms. The van der Waals surface area contributed by atoms with E-state index in [1.165, 1.54) is 25.7 Å². The highest BCUT2D eigenvalue weighted by Crippen LogP contribution is 2.17. The fourth-order valence-corrected chi connectivity index (χ4v) is 3.13. The van der Waals surface area contributed by atoms with E-state index in [1.54, 1.807) is 4.90 Å². The van der Waals surface area contributed by atoms with Gasteiger partial charge in [0.05, 0.1) is 0 Å². The Hall–Kier alpha value is -1.84. The number of carbonyl (C=O) groups excluding carboxylic acids is 2. The Bertz CT molecular complexity index is 493. The standard InChI is InChI=1S/C19H28N2O2/c1-2-21(15-16-10-6-5-7-11-16)19(23)14-18(22)20-17-12-8-3-4-9-13-17/h5-7,10-11,17H,2-4,8-9,12-15H2,1H3,(H,20,22). The molecule has 1 aromatic rings. The van der Waals surface area contributed by atoms with Gasteiger partial charge in [-0.1, -0.05) is 56.0 Å². The van der Waals surface area contributed by atoms with Crippen molar-refractivity contribution in [3.05, 3.63) is 35.9 Å². The van der Waals surface area contributed by atoms with Crippen LogP contribution in [0.4, 0.5) is 0 Å². The largest absolute Gasteiger partial charge is 0.353 e.